The van der Waals surface area contributed by atoms with Gasteiger partial charge in [-0.05, 0) is 38.5 Å². The molecule has 0 aliphatic heterocycles. The third kappa shape index (κ3) is 25.6. The summed E-state index contributed by atoms with van der Waals surface area (Å²) >= 11 is 0. The lowest BCUT2D eigenvalue weighted by Crippen LogP contribution is -2.18. The van der Waals surface area contributed by atoms with Crippen LogP contribution in [0, 0.1) is 0 Å². The van der Waals surface area contributed by atoms with Gasteiger partial charge in [0, 0.05) is 12.8 Å². The number of rotatable bonds is 27. The van der Waals surface area contributed by atoms with Gasteiger partial charge in [0.15, 0.2) is 0 Å². The van der Waals surface area contributed by atoms with Gasteiger partial charge in [0.2, 0.25) is 0 Å². The summed E-state index contributed by atoms with van der Waals surface area (Å²) in [4.78, 5) is 23.1. The topological polar surface area (TPSA) is 63.6 Å². The normalized spacial score (nSPS) is 12.1. The number of carbonyl (C=O) groups excluding carboxylic acids is 1. The van der Waals surface area contributed by atoms with Crippen molar-refractivity contribution in [3.8, 4) is 0 Å². The molecule has 0 aliphatic carbocycles. The van der Waals surface area contributed by atoms with Crippen LogP contribution >= 0.6 is 0 Å². The zero-order valence-electron chi connectivity index (χ0n) is 22.9. The van der Waals surface area contributed by atoms with E-state index in [2.05, 4.69) is 13.8 Å². The van der Waals surface area contributed by atoms with E-state index in [0.29, 0.717) is 12.8 Å². The minimum absolute atomic E-state index is 0.0332. The molecule has 0 spiro atoms. The molecule has 0 saturated carbocycles. The first-order chi connectivity index (χ1) is 16.6. The maximum absolute atomic E-state index is 12.4. The Morgan fingerprint density at radius 1 is 0.529 bits per heavy atom. The number of ether oxygens (including phenoxy) is 1. The van der Waals surface area contributed by atoms with E-state index in [-0.39, 0.29) is 18.5 Å². The molecule has 0 fully saturated rings. The molecule has 0 aromatic heterocycles. The first-order valence-corrected chi connectivity index (χ1v) is 15.0. The van der Waals surface area contributed by atoms with Crippen molar-refractivity contribution in [1.82, 2.24) is 0 Å². The number of carbonyl (C=O) groups is 2. The Morgan fingerprint density at radius 2 is 0.882 bits per heavy atom. The SMILES string of the molecule is CCCCCCCCCCCCCC(=O)OC(CCCCCCCCCC)CCCCC(=O)O. The number of hydrogen-bond acceptors (Lipinski definition) is 3. The fraction of sp³-hybridized carbons (Fsp3) is 0.933. The molecule has 4 nitrogen and oxygen atoms in total. The van der Waals surface area contributed by atoms with E-state index in [1.807, 2.05) is 0 Å². The molecule has 1 atom stereocenters. The van der Waals surface area contributed by atoms with Crippen molar-refractivity contribution in [3.63, 3.8) is 0 Å². The van der Waals surface area contributed by atoms with Gasteiger partial charge in [-0.25, -0.2) is 0 Å². The van der Waals surface area contributed by atoms with Crippen LogP contribution in [-0.4, -0.2) is 23.1 Å². The van der Waals surface area contributed by atoms with Gasteiger partial charge in [0.25, 0.3) is 0 Å². The zero-order chi connectivity index (χ0) is 25.1. The fourth-order valence-electron chi connectivity index (χ4n) is 4.59. The summed E-state index contributed by atoms with van der Waals surface area (Å²) in [5, 5.41) is 8.85. The van der Waals surface area contributed by atoms with E-state index in [1.54, 1.807) is 0 Å². The van der Waals surface area contributed by atoms with Crippen molar-refractivity contribution in [2.45, 2.75) is 180 Å². The minimum atomic E-state index is -0.742. The molecule has 0 amide bonds. The summed E-state index contributed by atoms with van der Waals surface area (Å²) in [5.41, 5.74) is 0. The van der Waals surface area contributed by atoms with Gasteiger partial charge in [-0.15, -0.1) is 0 Å². The van der Waals surface area contributed by atoms with E-state index < -0.39 is 5.97 Å². The summed E-state index contributed by atoms with van der Waals surface area (Å²) < 4.78 is 5.82. The van der Waals surface area contributed by atoms with Gasteiger partial charge in [0.05, 0.1) is 0 Å². The van der Waals surface area contributed by atoms with Crippen molar-refractivity contribution >= 4 is 11.9 Å². The summed E-state index contributed by atoms with van der Waals surface area (Å²) in [6.07, 6.45) is 28.2. The second kappa shape index (κ2) is 26.5. The summed E-state index contributed by atoms with van der Waals surface area (Å²) in [7, 11) is 0. The Labute approximate surface area is 212 Å². The number of carboxylic acid groups (broad SMARTS) is 1. The highest BCUT2D eigenvalue weighted by atomic mass is 16.5. The van der Waals surface area contributed by atoms with Crippen LogP contribution in [0.5, 0.6) is 0 Å². The largest absolute Gasteiger partial charge is 0.481 e. The third-order valence-corrected chi connectivity index (χ3v) is 6.83. The lowest BCUT2D eigenvalue weighted by Gasteiger charge is -2.18. The Hall–Kier alpha value is -1.06. The van der Waals surface area contributed by atoms with Crippen LogP contribution in [0.15, 0.2) is 0 Å². The van der Waals surface area contributed by atoms with Crippen molar-refractivity contribution in [2.24, 2.45) is 0 Å². The maximum atomic E-state index is 12.4. The number of unbranched alkanes of at least 4 members (excludes halogenated alkanes) is 18. The highest BCUT2D eigenvalue weighted by Crippen LogP contribution is 2.18. The molecule has 0 saturated heterocycles. The number of carboxylic acids is 1. The first-order valence-electron chi connectivity index (χ1n) is 15.0. The van der Waals surface area contributed by atoms with Crippen LogP contribution in [0.1, 0.15) is 174 Å². The molecule has 0 heterocycles. The van der Waals surface area contributed by atoms with Crippen LogP contribution < -0.4 is 0 Å². The van der Waals surface area contributed by atoms with Crippen molar-refractivity contribution < 1.29 is 19.4 Å². The van der Waals surface area contributed by atoms with E-state index in [1.165, 1.54) is 103 Å². The van der Waals surface area contributed by atoms with Crippen LogP contribution in [0.2, 0.25) is 0 Å². The molecule has 1 N–H and O–H groups in total. The van der Waals surface area contributed by atoms with Crippen molar-refractivity contribution in [1.29, 1.82) is 0 Å². The molecule has 34 heavy (non-hydrogen) atoms. The lowest BCUT2D eigenvalue weighted by atomic mass is 10.0. The summed E-state index contributed by atoms with van der Waals surface area (Å²) in [5.74, 6) is -0.799. The molecule has 202 valence electrons. The minimum Gasteiger partial charge on any atom is -0.481 e. The Balaban J connectivity index is 3.92. The van der Waals surface area contributed by atoms with Gasteiger partial charge >= 0.3 is 11.9 Å². The lowest BCUT2D eigenvalue weighted by molar-refractivity contribution is -0.150. The molecule has 4 heteroatoms. The van der Waals surface area contributed by atoms with E-state index in [0.717, 1.165) is 38.5 Å². The Morgan fingerprint density at radius 3 is 1.32 bits per heavy atom. The standard InChI is InChI=1S/C30H58O4/c1-3-5-7-9-11-13-14-15-17-19-21-27-30(33)34-28(25-22-23-26-29(31)32)24-20-18-16-12-10-8-6-4-2/h28H,3-27H2,1-2H3,(H,31,32). The third-order valence-electron chi connectivity index (χ3n) is 6.83. The molecule has 0 aromatic rings. The summed E-state index contributed by atoms with van der Waals surface area (Å²) in [6, 6.07) is 0. The predicted molar refractivity (Wildman–Crippen MR) is 144 cm³/mol. The van der Waals surface area contributed by atoms with Gasteiger partial charge < -0.3 is 9.84 Å². The molecule has 0 radical (unpaired) electrons. The number of esters is 1. The number of hydrogen-bond donors (Lipinski definition) is 1. The van der Waals surface area contributed by atoms with E-state index >= 15 is 0 Å². The molecular formula is C30H58O4. The first kappa shape index (κ1) is 32.9. The van der Waals surface area contributed by atoms with Crippen LogP contribution in [0.25, 0.3) is 0 Å². The predicted octanol–water partition coefficient (Wildman–Crippen LogP) is 9.78. The summed E-state index contributed by atoms with van der Waals surface area (Å²) in [6.45, 7) is 4.50. The van der Waals surface area contributed by atoms with Gasteiger partial charge in [-0.2, -0.15) is 0 Å². The average Bonchev–Trinajstić information content (AvgIpc) is 2.81. The Kier molecular flexibility index (Phi) is 25.7. The maximum Gasteiger partial charge on any atom is 0.306 e. The number of aliphatic carboxylic acids is 1. The molecule has 0 bridgehead atoms. The smallest absolute Gasteiger partial charge is 0.306 e. The molecule has 0 aliphatic rings. The quantitative estimate of drug-likeness (QED) is 0.0934. The second-order valence-corrected chi connectivity index (χ2v) is 10.3. The van der Waals surface area contributed by atoms with Crippen LogP contribution in [0.4, 0.5) is 0 Å². The Bertz CT molecular complexity index is 449. The molecule has 1 unspecified atom stereocenters. The van der Waals surface area contributed by atoms with E-state index in [9.17, 15) is 9.59 Å². The average molecular weight is 483 g/mol. The molecular weight excluding hydrogens is 424 g/mol. The monoisotopic (exact) mass is 482 g/mol. The molecule has 0 aromatic carbocycles. The van der Waals surface area contributed by atoms with Crippen molar-refractivity contribution in [2.75, 3.05) is 0 Å². The van der Waals surface area contributed by atoms with Crippen LogP contribution in [0.3, 0.4) is 0 Å². The van der Waals surface area contributed by atoms with Crippen molar-refractivity contribution in [3.05, 3.63) is 0 Å². The second-order valence-electron chi connectivity index (χ2n) is 10.3. The fourth-order valence-corrected chi connectivity index (χ4v) is 4.59. The highest BCUT2D eigenvalue weighted by Gasteiger charge is 2.14. The van der Waals surface area contributed by atoms with Gasteiger partial charge in [-0.1, -0.05) is 123 Å². The van der Waals surface area contributed by atoms with Gasteiger partial charge in [-0.3, -0.25) is 9.59 Å². The van der Waals surface area contributed by atoms with Gasteiger partial charge in [0.1, 0.15) is 6.10 Å². The molecule has 0 rings (SSSR count). The van der Waals surface area contributed by atoms with E-state index in [4.69, 9.17) is 9.84 Å². The zero-order valence-corrected chi connectivity index (χ0v) is 22.9. The highest BCUT2D eigenvalue weighted by molar-refractivity contribution is 5.69. The van der Waals surface area contributed by atoms with Crippen LogP contribution in [-0.2, 0) is 14.3 Å².